The Kier molecular flexibility index (Phi) is 2.22. The van der Waals surface area contributed by atoms with Crippen molar-refractivity contribution in [3.8, 4) is 0 Å². The molecule has 1 aromatic rings. The SMILES string of the molecule is Cn1ccnc1N1CCCC(N)C1. The van der Waals surface area contributed by atoms with Crippen LogP contribution in [-0.2, 0) is 7.05 Å². The lowest BCUT2D eigenvalue weighted by Crippen LogP contribution is -2.43. The van der Waals surface area contributed by atoms with Crippen LogP contribution in [0.15, 0.2) is 12.4 Å². The monoisotopic (exact) mass is 180 g/mol. The summed E-state index contributed by atoms with van der Waals surface area (Å²) in [5.41, 5.74) is 5.90. The average molecular weight is 180 g/mol. The Morgan fingerprint density at radius 3 is 3.08 bits per heavy atom. The van der Waals surface area contributed by atoms with Gasteiger partial charge in [-0.25, -0.2) is 4.98 Å². The molecule has 1 aliphatic heterocycles. The van der Waals surface area contributed by atoms with Gasteiger partial charge in [-0.05, 0) is 12.8 Å². The third kappa shape index (κ3) is 1.67. The molecule has 2 heterocycles. The highest BCUT2D eigenvalue weighted by Crippen LogP contribution is 2.15. The van der Waals surface area contributed by atoms with Crippen LogP contribution in [0, 0.1) is 0 Å². The van der Waals surface area contributed by atoms with E-state index in [4.69, 9.17) is 5.73 Å². The Morgan fingerprint density at radius 1 is 1.62 bits per heavy atom. The molecule has 0 amide bonds. The Bertz CT molecular complexity index is 281. The molecule has 1 fully saturated rings. The van der Waals surface area contributed by atoms with Crippen LogP contribution in [-0.4, -0.2) is 28.7 Å². The summed E-state index contributed by atoms with van der Waals surface area (Å²) < 4.78 is 2.04. The molecule has 1 aromatic heterocycles. The van der Waals surface area contributed by atoms with Crippen molar-refractivity contribution in [3.63, 3.8) is 0 Å². The van der Waals surface area contributed by atoms with E-state index in [1.54, 1.807) is 0 Å². The second-order valence-corrected chi connectivity index (χ2v) is 3.69. The summed E-state index contributed by atoms with van der Waals surface area (Å²) >= 11 is 0. The lowest BCUT2D eigenvalue weighted by molar-refractivity contribution is 0.496. The van der Waals surface area contributed by atoms with Crippen LogP contribution >= 0.6 is 0 Å². The number of hydrogen-bond donors (Lipinski definition) is 1. The molecule has 4 heteroatoms. The quantitative estimate of drug-likeness (QED) is 0.678. The van der Waals surface area contributed by atoms with Gasteiger partial charge in [0.15, 0.2) is 0 Å². The Hall–Kier alpha value is -1.03. The normalized spacial score (nSPS) is 23.5. The standard InChI is InChI=1S/C9H16N4/c1-12-6-4-11-9(12)13-5-2-3-8(10)7-13/h4,6,8H,2-3,5,7,10H2,1H3. The first kappa shape index (κ1) is 8.56. The predicted octanol–water partition coefficient (Wildman–Crippen LogP) is 0.348. The average Bonchev–Trinajstić information content (AvgIpc) is 2.51. The fourth-order valence-electron chi connectivity index (χ4n) is 1.85. The molecule has 0 spiro atoms. The highest BCUT2D eigenvalue weighted by Gasteiger charge is 2.19. The molecular weight excluding hydrogens is 164 g/mol. The molecule has 0 aliphatic carbocycles. The van der Waals surface area contributed by atoms with E-state index in [0.717, 1.165) is 25.5 Å². The molecule has 2 rings (SSSR count). The van der Waals surface area contributed by atoms with Crippen LogP contribution in [0.2, 0.25) is 0 Å². The molecule has 0 radical (unpaired) electrons. The maximum absolute atomic E-state index is 5.90. The maximum Gasteiger partial charge on any atom is 0.205 e. The van der Waals surface area contributed by atoms with Gasteiger partial charge in [-0.3, -0.25) is 0 Å². The van der Waals surface area contributed by atoms with Crippen molar-refractivity contribution in [2.24, 2.45) is 12.8 Å². The number of piperidine rings is 1. The highest BCUT2D eigenvalue weighted by atomic mass is 15.3. The van der Waals surface area contributed by atoms with Gasteiger partial charge in [-0.2, -0.15) is 0 Å². The number of nitrogens with two attached hydrogens (primary N) is 1. The molecule has 0 aromatic carbocycles. The lowest BCUT2D eigenvalue weighted by Gasteiger charge is -2.31. The molecule has 4 nitrogen and oxygen atoms in total. The number of aromatic nitrogens is 2. The minimum absolute atomic E-state index is 0.311. The third-order valence-corrected chi connectivity index (χ3v) is 2.54. The number of aryl methyl sites for hydroxylation is 1. The number of nitrogens with zero attached hydrogens (tertiary/aromatic N) is 3. The van der Waals surface area contributed by atoms with Crippen molar-refractivity contribution in [2.75, 3.05) is 18.0 Å². The summed E-state index contributed by atoms with van der Waals surface area (Å²) in [7, 11) is 2.02. The Labute approximate surface area is 78.4 Å². The van der Waals surface area contributed by atoms with E-state index >= 15 is 0 Å². The lowest BCUT2D eigenvalue weighted by atomic mass is 10.1. The van der Waals surface area contributed by atoms with Gasteiger partial charge in [0.05, 0.1) is 0 Å². The molecule has 0 saturated carbocycles. The summed E-state index contributed by atoms with van der Waals surface area (Å²) in [6.45, 7) is 2.02. The van der Waals surface area contributed by atoms with Crippen molar-refractivity contribution in [2.45, 2.75) is 18.9 Å². The van der Waals surface area contributed by atoms with Crippen LogP contribution < -0.4 is 10.6 Å². The second kappa shape index (κ2) is 3.38. The molecule has 1 atom stereocenters. The second-order valence-electron chi connectivity index (χ2n) is 3.69. The molecule has 72 valence electrons. The molecular formula is C9H16N4. The topological polar surface area (TPSA) is 47.1 Å². The van der Waals surface area contributed by atoms with Gasteiger partial charge in [0, 0.05) is 38.6 Å². The van der Waals surface area contributed by atoms with E-state index in [9.17, 15) is 0 Å². The zero-order chi connectivity index (χ0) is 9.26. The Morgan fingerprint density at radius 2 is 2.46 bits per heavy atom. The third-order valence-electron chi connectivity index (χ3n) is 2.54. The largest absolute Gasteiger partial charge is 0.341 e. The van der Waals surface area contributed by atoms with E-state index in [-0.39, 0.29) is 0 Å². The van der Waals surface area contributed by atoms with Gasteiger partial charge in [-0.15, -0.1) is 0 Å². The Balaban J connectivity index is 2.12. The van der Waals surface area contributed by atoms with Crippen LogP contribution in [0.4, 0.5) is 5.95 Å². The van der Waals surface area contributed by atoms with E-state index in [0.29, 0.717) is 6.04 Å². The van der Waals surface area contributed by atoms with E-state index in [1.165, 1.54) is 6.42 Å². The van der Waals surface area contributed by atoms with Crippen molar-refractivity contribution in [3.05, 3.63) is 12.4 Å². The van der Waals surface area contributed by atoms with Crippen molar-refractivity contribution < 1.29 is 0 Å². The van der Waals surface area contributed by atoms with Crippen LogP contribution in [0.25, 0.3) is 0 Å². The van der Waals surface area contributed by atoms with Gasteiger partial charge in [0.25, 0.3) is 0 Å². The van der Waals surface area contributed by atoms with Crippen LogP contribution in [0.1, 0.15) is 12.8 Å². The summed E-state index contributed by atoms with van der Waals surface area (Å²) in [6.07, 6.45) is 6.11. The summed E-state index contributed by atoms with van der Waals surface area (Å²) in [6, 6.07) is 0.311. The number of anilines is 1. The fourth-order valence-corrected chi connectivity index (χ4v) is 1.85. The summed E-state index contributed by atoms with van der Waals surface area (Å²) in [5, 5.41) is 0. The van der Waals surface area contributed by atoms with Gasteiger partial charge in [0.2, 0.25) is 5.95 Å². The molecule has 13 heavy (non-hydrogen) atoms. The minimum Gasteiger partial charge on any atom is -0.341 e. The van der Waals surface area contributed by atoms with Gasteiger partial charge in [0.1, 0.15) is 0 Å². The molecule has 0 bridgehead atoms. The van der Waals surface area contributed by atoms with Crippen molar-refractivity contribution in [1.29, 1.82) is 0 Å². The molecule has 2 N–H and O–H groups in total. The number of imidazole rings is 1. The van der Waals surface area contributed by atoms with E-state index < -0.39 is 0 Å². The first-order valence-corrected chi connectivity index (χ1v) is 4.75. The summed E-state index contributed by atoms with van der Waals surface area (Å²) in [5.74, 6) is 1.04. The first-order chi connectivity index (χ1) is 6.27. The number of rotatable bonds is 1. The minimum atomic E-state index is 0.311. The van der Waals surface area contributed by atoms with Gasteiger partial charge < -0.3 is 15.2 Å². The van der Waals surface area contributed by atoms with Crippen molar-refractivity contribution in [1.82, 2.24) is 9.55 Å². The zero-order valence-corrected chi connectivity index (χ0v) is 7.98. The zero-order valence-electron chi connectivity index (χ0n) is 7.98. The van der Waals surface area contributed by atoms with Gasteiger partial charge >= 0.3 is 0 Å². The molecule has 1 saturated heterocycles. The van der Waals surface area contributed by atoms with Gasteiger partial charge in [-0.1, -0.05) is 0 Å². The smallest absolute Gasteiger partial charge is 0.205 e. The number of hydrogen-bond acceptors (Lipinski definition) is 3. The predicted molar refractivity (Wildman–Crippen MR) is 52.6 cm³/mol. The van der Waals surface area contributed by atoms with E-state index in [2.05, 4.69) is 9.88 Å². The van der Waals surface area contributed by atoms with Crippen LogP contribution in [0.5, 0.6) is 0 Å². The van der Waals surface area contributed by atoms with Crippen molar-refractivity contribution >= 4 is 5.95 Å². The highest BCUT2D eigenvalue weighted by molar-refractivity contribution is 5.31. The maximum atomic E-state index is 5.90. The first-order valence-electron chi connectivity index (χ1n) is 4.75. The fraction of sp³-hybridized carbons (Fsp3) is 0.667. The molecule has 1 unspecified atom stereocenters. The van der Waals surface area contributed by atoms with Crippen LogP contribution in [0.3, 0.4) is 0 Å². The van der Waals surface area contributed by atoms with E-state index in [1.807, 2.05) is 24.0 Å². The molecule has 1 aliphatic rings. The summed E-state index contributed by atoms with van der Waals surface area (Å²) in [4.78, 5) is 6.57.